The van der Waals surface area contributed by atoms with Crippen LogP contribution >= 0.6 is 0 Å². The molecule has 9 atom stereocenters. The Hall–Kier alpha value is -6.24. The molecular formula is C43H68N10O14. The van der Waals surface area contributed by atoms with Gasteiger partial charge in [-0.25, -0.2) is 4.79 Å². The number of nitrogens with two attached hydrogens (primary N) is 2. The SMILES string of the molecule is CC(C)[C@H](NC(=O)[C@H](CO)NC(=O)[C@H](CO)NC(=O)[C@H](CO)NC(=O)[C@H](Cc1ccccc1)NC(=O)[C@@H]1CCCN1C(=O)[C@@H](NC(=O)[C@@H](NC(=O)[C@@H](N)CCC(N)=O)C(C)C)C(C)C)C(=O)O. The van der Waals surface area contributed by atoms with Crippen LogP contribution in [0, 0.1) is 17.8 Å². The van der Waals surface area contributed by atoms with E-state index in [0.29, 0.717) is 12.0 Å². The van der Waals surface area contributed by atoms with Crippen molar-refractivity contribution in [3.05, 3.63) is 35.9 Å². The molecule has 1 aromatic carbocycles. The van der Waals surface area contributed by atoms with Gasteiger partial charge in [0.05, 0.1) is 25.9 Å². The summed E-state index contributed by atoms with van der Waals surface area (Å²) in [7, 11) is 0. The predicted octanol–water partition coefficient (Wildman–Crippen LogP) is -4.76. The molecule has 1 aliphatic heterocycles. The molecule has 1 aliphatic rings. The number of hydrogen-bond donors (Lipinski definition) is 13. The van der Waals surface area contributed by atoms with Crippen molar-refractivity contribution in [2.24, 2.45) is 29.2 Å². The molecule has 24 heteroatoms. The molecule has 0 bridgehead atoms. The maximum Gasteiger partial charge on any atom is 0.326 e. The Labute approximate surface area is 388 Å². The maximum absolute atomic E-state index is 14.2. The van der Waals surface area contributed by atoms with Crippen LogP contribution in [-0.2, 0) is 54.4 Å². The third-order valence-electron chi connectivity index (χ3n) is 10.9. The van der Waals surface area contributed by atoms with Crippen LogP contribution in [0.25, 0.3) is 0 Å². The molecule has 0 aromatic heterocycles. The third kappa shape index (κ3) is 17.5. The standard InChI is InChI=1S/C43H68N10O14/c1-21(2)32(50-35(58)25(44)14-15-31(45)57)41(64)51-33(22(3)4)42(65)53-16-10-13-30(53)40(63)46-26(17-24-11-8-7-9-12-24)36(59)47-27(18-54)37(60)48-28(19-55)38(61)49-29(20-56)39(62)52-34(23(5)6)43(66)67/h7-9,11-12,21-23,25-30,32-34,54-56H,10,13-20,44H2,1-6H3,(H2,45,57)(H,46,63)(H,47,59)(H,48,60)(H,49,61)(H,50,58)(H,51,64)(H,52,62)(H,66,67)/t25-,26-,27-,28-,29-,30-,32-,33-,34-/m0/s1. The molecule has 67 heavy (non-hydrogen) atoms. The molecule has 15 N–H and O–H groups in total. The fourth-order valence-electron chi connectivity index (χ4n) is 6.96. The van der Waals surface area contributed by atoms with E-state index in [1.54, 1.807) is 58.0 Å². The van der Waals surface area contributed by atoms with Crippen LogP contribution in [-0.4, -0.2) is 165 Å². The molecule has 1 aromatic rings. The van der Waals surface area contributed by atoms with E-state index in [4.69, 9.17) is 11.5 Å². The summed E-state index contributed by atoms with van der Waals surface area (Å²) in [6, 6.07) is -4.17. The minimum Gasteiger partial charge on any atom is -0.480 e. The highest BCUT2D eigenvalue weighted by atomic mass is 16.4. The van der Waals surface area contributed by atoms with E-state index < -0.39 is 151 Å². The van der Waals surface area contributed by atoms with Gasteiger partial charge in [0, 0.05) is 19.4 Å². The lowest BCUT2D eigenvalue weighted by molar-refractivity contribution is -0.144. The quantitative estimate of drug-likeness (QED) is 0.0394. The van der Waals surface area contributed by atoms with E-state index in [-0.39, 0.29) is 32.2 Å². The van der Waals surface area contributed by atoms with Crippen molar-refractivity contribution in [2.75, 3.05) is 26.4 Å². The zero-order valence-corrected chi connectivity index (χ0v) is 38.7. The summed E-state index contributed by atoms with van der Waals surface area (Å²) >= 11 is 0. The summed E-state index contributed by atoms with van der Waals surface area (Å²) < 4.78 is 0. The highest BCUT2D eigenvalue weighted by molar-refractivity contribution is 5.98. The zero-order valence-electron chi connectivity index (χ0n) is 38.7. The van der Waals surface area contributed by atoms with Crippen molar-refractivity contribution < 1.29 is 68.4 Å². The number of nitrogens with zero attached hydrogens (tertiary/aromatic N) is 1. The number of benzene rings is 1. The molecule has 1 fully saturated rings. The van der Waals surface area contributed by atoms with Crippen LogP contribution in [0.5, 0.6) is 0 Å². The van der Waals surface area contributed by atoms with Crippen molar-refractivity contribution in [1.29, 1.82) is 0 Å². The van der Waals surface area contributed by atoms with Gasteiger partial charge in [0.25, 0.3) is 0 Å². The Kier molecular flexibility index (Phi) is 23.3. The van der Waals surface area contributed by atoms with Gasteiger partial charge in [-0.1, -0.05) is 71.9 Å². The minimum atomic E-state index is -1.79. The normalized spacial score (nSPS) is 17.1. The van der Waals surface area contributed by atoms with Crippen molar-refractivity contribution in [3.8, 4) is 0 Å². The molecule has 0 aliphatic carbocycles. The first-order chi connectivity index (χ1) is 31.5. The van der Waals surface area contributed by atoms with Gasteiger partial charge in [0.2, 0.25) is 53.2 Å². The van der Waals surface area contributed by atoms with Crippen molar-refractivity contribution in [3.63, 3.8) is 0 Å². The largest absolute Gasteiger partial charge is 0.480 e. The van der Waals surface area contributed by atoms with Gasteiger partial charge in [0.15, 0.2) is 0 Å². The molecule has 0 spiro atoms. The summed E-state index contributed by atoms with van der Waals surface area (Å²) in [5, 5.41) is 56.0. The first-order valence-electron chi connectivity index (χ1n) is 22.0. The number of amides is 9. The monoisotopic (exact) mass is 948 g/mol. The number of carboxylic acids is 1. The number of carbonyl (C=O) groups is 10. The van der Waals surface area contributed by atoms with Crippen LogP contribution in [0.1, 0.15) is 72.8 Å². The van der Waals surface area contributed by atoms with Crippen LogP contribution in [0.15, 0.2) is 30.3 Å². The second kappa shape index (κ2) is 27.4. The molecule has 374 valence electrons. The lowest BCUT2D eigenvalue weighted by Crippen LogP contribution is -2.62. The Morgan fingerprint density at radius 1 is 0.612 bits per heavy atom. The van der Waals surface area contributed by atoms with Gasteiger partial charge in [-0.2, -0.15) is 0 Å². The van der Waals surface area contributed by atoms with Gasteiger partial charge in [-0.15, -0.1) is 0 Å². The number of aliphatic hydroxyl groups is 3. The van der Waals surface area contributed by atoms with E-state index in [1.165, 1.54) is 18.7 Å². The van der Waals surface area contributed by atoms with Crippen molar-refractivity contribution >= 4 is 59.1 Å². The Balaban J connectivity index is 2.26. The van der Waals surface area contributed by atoms with E-state index in [2.05, 4.69) is 37.2 Å². The summed E-state index contributed by atoms with van der Waals surface area (Å²) in [4.78, 5) is 132. The number of aliphatic hydroxyl groups excluding tert-OH is 3. The highest BCUT2D eigenvalue weighted by Crippen LogP contribution is 2.21. The van der Waals surface area contributed by atoms with Gasteiger partial charge < -0.3 is 74.0 Å². The zero-order chi connectivity index (χ0) is 50.7. The molecule has 2 rings (SSSR count). The Morgan fingerprint density at radius 3 is 1.51 bits per heavy atom. The summed E-state index contributed by atoms with van der Waals surface area (Å²) in [6.45, 7) is 6.77. The van der Waals surface area contributed by atoms with Crippen LogP contribution < -0.4 is 48.7 Å². The van der Waals surface area contributed by atoms with E-state index >= 15 is 0 Å². The van der Waals surface area contributed by atoms with Crippen molar-refractivity contribution in [2.45, 2.75) is 128 Å². The summed E-state index contributed by atoms with van der Waals surface area (Å²) in [6.07, 6.45) is 0.219. The lowest BCUT2D eigenvalue weighted by Gasteiger charge is -2.33. The van der Waals surface area contributed by atoms with Gasteiger partial charge in [-0.3, -0.25) is 43.2 Å². The topological polar surface area (TPSA) is 391 Å². The van der Waals surface area contributed by atoms with Crippen LogP contribution in [0.2, 0.25) is 0 Å². The van der Waals surface area contributed by atoms with Crippen molar-refractivity contribution in [1.82, 2.24) is 42.1 Å². The molecule has 0 radical (unpaired) electrons. The van der Waals surface area contributed by atoms with Crippen LogP contribution in [0.3, 0.4) is 0 Å². The molecular weight excluding hydrogens is 881 g/mol. The smallest absolute Gasteiger partial charge is 0.326 e. The van der Waals surface area contributed by atoms with E-state index in [1.807, 2.05) is 0 Å². The number of carbonyl (C=O) groups excluding carboxylic acids is 9. The minimum absolute atomic E-state index is 0.0497. The number of carboxylic acid groups (broad SMARTS) is 1. The second-order valence-electron chi connectivity index (χ2n) is 17.3. The molecule has 0 saturated carbocycles. The molecule has 0 unspecified atom stereocenters. The number of nitrogens with one attached hydrogen (secondary N) is 7. The van der Waals surface area contributed by atoms with E-state index in [9.17, 15) is 68.4 Å². The number of likely N-dealkylation sites (tertiary alicyclic amines) is 1. The average Bonchev–Trinajstić information content (AvgIpc) is 3.78. The second-order valence-corrected chi connectivity index (χ2v) is 17.3. The molecule has 9 amide bonds. The Morgan fingerprint density at radius 2 is 1.06 bits per heavy atom. The first kappa shape index (κ1) is 56.9. The Bertz CT molecular complexity index is 1900. The molecule has 1 heterocycles. The van der Waals surface area contributed by atoms with Gasteiger partial charge >= 0.3 is 5.97 Å². The number of aliphatic carboxylic acids is 1. The first-order valence-corrected chi connectivity index (χ1v) is 22.0. The van der Waals surface area contributed by atoms with Gasteiger partial charge in [-0.05, 0) is 42.6 Å². The molecule has 1 saturated heterocycles. The number of primary amides is 1. The fourth-order valence-corrected chi connectivity index (χ4v) is 6.96. The average molecular weight is 949 g/mol. The maximum atomic E-state index is 14.2. The number of rotatable bonds is 27. The molecule has 24 nitrogen and oxygen atoms in total. The number of hydrogen-bond acceptors (Lipinski definition) is 14. The van der Waals surface area contributed by atoms with Crippen LogP contribution in [0.4, 0.5) is 0 Å². The highest BCUT2D eigenvalue weighted by Gasteiger charge is 2.41. The fraction of sp³-hybridized carbons (Fsp3) is 0.628. The predicted molar refractivity (Wildman–Crippen MR) is 238 cm³/mol. The lowest BCUT2D eigenvalue weighted by atomic mass is 9.98. The third-order valence-corrected chi connectivity index (χ3v) is 10.9. The summed E-state index contributed by atoms with van der Waals surface area (Å²) in [5.41, 5.74) is 11.6. The summed E-state index contributed by atoms with van der Waals surface area (Å²) in [5.74, 6) is -10.7. The van der Waals surface area contributed by atoms with E-state index in [0.717, 1.165) is 0 Å². The van der Waals surface area contributed by atoms with Gasteiger partial charge in [0.1, 0.15) is 48.3 Å².